The number of halogens is 2. The zero-order chi connectivity index (χ0) is 16.3. The molecule has 134 valence electrons. The molecule has 1 unspecified atom stereocenters. The zero-order valence-electron chi connectivity index (χ0n) is 14.1. The first kappa shape index (κ1) is 19.5. The van der Waals surface area contributed by atoms with E-state index in [2.05, 4.69) is 32.4 Å². The van der Waals surface area contributed by atoms with Gasteiger partial charge < -0.3 is 20.3 Å². The first-order valence-corrected chi connectivity index (χ1v) is 8.38. The second-order valence-electron chi connectivity index (χ2n) is 6.61. The zero-order valence-corrected chi connectivity index (χ0v) is 17.2. The number of nitrogens with one attached hydrogen (secondary N) is 2. The molecule has 0 amide bonds. The standard InChI is InChI=1S/C16H24ClN5O.HI/c1-16(10-23-11-16)9-20-15(18-2)21-12-5-7-22(8-12)14-13(17)4-3-6-19-14;/h3-4,6,12H,5,7-11H2,1-2H3,(H2,18,20,21);1H. The maximum Gasteiger partial charge on any atom is 0.191 e. The minimum atomic E-state index is 0. The summed E-state index contributed by atoms with van der Waals surface area (Å²) in [6, 6.07) is 4.07. The third-order valence-corrected chi connectivity index (χ3v) is 4.67. The van der Waals surface area contributed by atoms with E-state index < -0.39 is 0 Å². The maximum atomic E-state index is 6.23. The van der Waals surface area contributed by atoms with Crippen LogP contribution in [-0.2, 0) is 4.74 Å². The highest BCUT2D eigenvalue weighted by Gasteiger charge is 2.33. The van der Waals surface area contributed by atoms with Crippen molar-refractivity contribution in [2.75, 3.05) is 44.8 Å². The van der Waals surface area contributed by atoms with E-state index in [1.807, 2.05) is 12.1 Å². The Labute approximate surface area is 165 Å². The van der Waals surface area contributed by atoms with Crippen molar-refractivity contribution in [2.24, 2.45) is 10.4 Å². The molecule has 6 nitrogen and oxygen atoms in total. The van der Waals surface area contributed by atoms with Crippen LogP contribution in [0.3, 0.4) is 0 Å². The number of pyridine rings is 1. The lowest BCUT2D eigenvalue weighted by molar-refractivity contribution is -0.0971. The predicted octanol–water partition coefficient (Wildman–Crippen LogP) is 2.13. The van der Waals surface area contributed by atoms with Crippen LogP contribution in [0.4, 0.5) is 5.82 Å². The largest absolute Gasteiger partial charge is 0.380 e. The Kier molecular flexibility index (Phi) is 6.94. The number of aliphatic imine (C=N–C) groups is 1. The summed E-state index contributed by atoms with van der Waals surface area (Å²) in [6.07, 6.45) is 2.82. The average molecular weight is 466 g/mol. The van der Waals surface area contributed by atoms with Gasteiger partial charge in [0, 0.05) is 44.3 Å². The number of guanidine groups is 1. The molecule has 1 aromatic heterocycles. The fourth-order valence-electron chi connectivity index (χ4n) is 2.92. The molecule has 2 N–H and O–H groups in total. The van der Waals surface area contributed by atoms with Gasteiger partial charge in [0.25, 0.3) is 0 Å². The van der Waals surface area contributed by atoms with E-state index in [0.717, 1.165) is 51.0 Å². The molecule has 2 aliphatic rings. The van der Waals surface area contributed by atoms with Gasteiger partial charge in [0.15, 0.2) is 5.96 Å². The van der Waals surface area contributed by atoms with Gasteiger partial charge in [-0.1, -0.05) is 18.5 Å². The summed E-state index contributed by atoms with van der Waals surface area (Å²) in [4.78, 5) is 10.9. The molecule has 0 spiro atoms. The predicted molar refractivity (Wildman–Crippen MR) is 109 cm³/mol. The maximum absolute atomic E-state index is 6.23. The van der Waals surface area contributed by atoms with Crippen molar-refractivity contribution in [3.05, 3.63) is 23.4 Å². The lowest BCUT2D eigenvalue weighted by Crippen LogP contribution is -2.52. The number of hydrogen-bond donors (Lipinski definition) is 2. The monoisotopic (exact) mass is 465 g/mol. The second-order valence-corrected chi connectivity index (χ2v) is 7.02. The number of hydrogen-bond acceptors (Lipinski definition) is 4. The van der Waals surface area contributed by atoms with Crippen molar-refractivity contribution < 1.29 is 4.74 Å². The van der Waals surface area contributed by atoms with E-state index in [-0.39, 0.29) is 29.4 Å². The lowest BCUT2D eigenvalue weighted by Gasteiger charge is -2.38. The Morgan fingerprint density at radius 1 is 1.54 bits per heavy atom. The van der Waals surface area contributed by atoms with Gasteiger partial charge in [-0.25, -0.2) is 4.98 Å². The molecule has 3 heterocycles. The summed E-state index contributed by atoms with van der Waals surface area (Å²) in [7, 11) is 1.80. The van der Waals surface area contributed by atoms with Crippen LogP contribution in [0.25, 0.3) is 0 Å². The van der Waals surface area contributed by atoms with E-state index in [1.165, 1.54) is 0 Å². The molecular formula is C16H25ClIN5O. The van der Waals surface area contributed by atoms with Crippen LogP contribution in [0.5, 0.6) is 0 Å². The molecule has 0 bridgehead atoms. The number of ether oxygens (including phenoxy) is 1. The van der Waals surface area contributed by atoms with Gasteiger partial charge in [-0.05, 0) is 18.6 Å². The first-order chi connectivity index (χ1) is 11.1. The minimum absolute atomic E-state index is 0. The molecule has 0 aliphatic carbocycles. The third kappa shape index (κ3) is 4.64. The van der Waals surface area contributed by atoms with E-state index >= 15 is 0 Å². The minimum Gasteiger partial charge on any atom is -0.380 e. The van der Waals surface area contributed by atoms with Crippen molar-refractivity contribution in [3.63, 3.8) is 0 Å². The Hall–Kier alpha value is -0.800. The summed E-state index contributed by atoms with van der Waals surface area (Å²) in [5, 5.41) is 7.60. The number of anilines is 1. The summed E-state index contributed by atoms with van der Waals surface area (Å²) in [6.45, 7) is 6.53. The van der Waals surface area contributed by atoms with Crippen molar-refractivity contribution in [1.29, 1.82) is 0 Å². The number of aromatic nitrogens is 1. The molecular weight excluding hydrogens is 441 g/mol. The Morgan fingerprint density at radius 2 is 2.33 bits per heavy atom. The molecule has 0 saturated carbocycles. The van der Waals surface area contributed by atoms with Crippen LogP contribution in [0, 0.1) is 5.41 Å². The molecule has 1 atom stereocenters. The van der Waals surface area contributed by atoms with Crippen molar-refractivity contribution in [3.8, 4) is 0 Å². The second kappa shape index (κ2) is 8.53. The van der Waals surface area contributed by atoms with Gasteiger partial charge in [-0.2, -0.15) is 0 Å². The summed E-state index contributed by atoms with van der Waals surface area (Å²) < 4.78 is 5.29. The SMILES string of the molecule is CN=C(NCC1(C)COC1)NC1CCN(c2ncccc2Cl)C1.I. The van der Waals surface area contributed by atoms with E-state index in [1.54, 1.807) is 13.2 Å². The molecule has 2 aliphatic heterocycles. The average Bonchev–Trinajstić information content (AvgIpc) is 2.98. The van der Waals surface area contributed by atoms with E-state index in [0.29, 0.717) is 11.1 Å². The van der Waals surface area contributed by atoms with Crippen molar-refractivity contribution in [2.45, 2.75) is 19.4 Å². The quantitative estimate of drug-likeness (QED) is 0.405. The van der Waals surface area contributed by atoms with Gasteiger partial charge in [0.1, 0.15) is 5.82 Å². The molecule has 0 radical (unpaired) electrons. The summed E-state index contributed by atoms with van der Waals surface area (Å²) >= 11 is 6.23. The highest BCUT2D eigenvalue weighted by Crippen LogP contribution is 2.26. The molecule has 3 rings (SSSR count). The molecule has 8 heteroatoms. The van der Waals surface area contributed by atoms with Crippen LogP contribution in [0.15, 0.2) is 23.3 Å². The van der Waals surface area contributed by atoms with Gasteiger partial charge in [0.05, 0.1) is 18.2 Å². The van der Waals surface area contributed by atoms with Crippen LogP contribution in [0.2, 0.25) is 5.02 Å². The van der Waals surface area contributed by atoms with Crippen LogP contribution in [-0.4, -0.2) is 56.9 Å². The summed E-state index contributed by atoms with van der Waals surface area (Å²) in [5.74, 6) is 1.71. The van der Waals surface area contributed by atoms with Gasteiger partial charge in [-0.3, -0.25) is 4.99 Å². The van der Waals surface area contributed by atoms with E-state index in [4.69, 9.17) is 16.3 Å². The topological polar surface area (TPSA) is 61.8 Å². The highest BCUT2D eigenvalue weighted by molar-refractivity contribution is 14.0. The lowest BCUT2D eigenvalue weighted by atomic mass is 9.89. The highest BCUT2D eigenvalue weighted by atomic mass is 127. The smallest absolute Gasteiger partial charge is 0.191 e. The Balaban J connectivity index is 0.00000208. The molecule has 0 aromatic carbocycles. The summed E-state index contributed by atoms with van der Waals surface area (Å²) in [5.41, 5.74) is 0.223. The number of rotatable bonds is 4. The fraction of sp³-hybridized carbons (Fsp3) is 0.625. The first-order valence-electron chi connectivity index (χ1n) is 8.00. The van der Waals surface area contributed by atoms with Crippen LogP contribution < -0.4 is 15.5 Å². The fourth-order valence-corrected chi connectivity index (χ4v) is 3.16. The van der Waals surface area contributed by atoms with Gasteiger partial charge in [0.2, 0.25) is 0 Å². The molecule has 2 fully saturated rings. The molecule has 24 heavy (non-hydrogen) atoms. The van der Waals surface area contributed by atoms with E-state index in [9.17, 15) is 0 Å². The van der Waals surface area contributed by atoms with Crippen LogP contribution >= 0.6 is 35.6 Å². The Bertz CT molecular complexity index is 581. The molecule has 2 saturated heterocycles. The van der Waals surface area contributed by atoms with Crippen molar-refractivity contribution in [1.82, 2.24) is 15.6 Å². The molecule has 1 aromatic rings. The normalized spacial score (nSPS) is 22.5. The Morgan fingerprint density at radius 3 is 2.96 bits per heavy atom. The van der Waals surface area contributed by atoms with Crippen LogP contribution in [0.1, 0.15) is 13.3 Å². The van der Waals surface area contributed by atoms with Gasteiger partial charge >= 0.3 is 0 Å². The van der Waals surface area contributed by atoms with Gasteiger partial charge in [-0.15, -0.1) is 24.0 Å². The van der Waals surface area contributed by atoms with Crippen molar-refractivity contribution >= 4 is 47.4 Å². The third-order valence-electron chi connectivity index (χ3n) is 4.37. The number of nitrogens with zero attached hydrogens (tertiary/aromatic N) is 3.